The molecular formula is C16H23ClN2O2. The van der Waals surface area contributed by atoms with E-state index in [0.717, 1.165) is 32.1 Å². The molecule has 5 heteroatoms. The van der Waals surface area contributed by atoms with E-state index in [2.05, 4.69) is 5.32 Å². The van der Waals surface area contributed by atoms with Crippen LogP contribution in [0.15, 0.2) is 24.3 Å². The second-order valence-electron chi connectivity index (χ2n) is 5.50. The highest BCUT2D eigenvalue weighted by Gasteiger charge is 2.18. The smallest absolute Gasteiger partial charge is 0.252 e. The van der Waals surface area contributed by atoms with Gasteiger partial charge in [-0.2, -0.15) is 0 Å². The lowest BCUT2D eigenvalue weighted by Crippen LogP contribution is -2.31. The molecule has 1 fully saturated rings. The van der Waals surface area contributed by atoms with Crippen LogP contribution in [0.25, 0.3) is 0 Å². The molecule has 1 aromatic rings. The number of carbonyl (C=O) groups excluding carboxylic acids is 1. The topological polar surface area (TPSA) is 64.3 Å². The normalized spacial score (nSPS) is 22.0. The number of hydrogen-bond donors (Lipinski definition) is 2. The lowest BCUT2D eigenvalue weighted by molar-refractivity contribution is 0.0241. The molecule has 3 N–H and O–H groups in total. The van der Waals surface area contributed by atoms with Crippen LogP contribution in [0.2, 0.25) is 5.02 Å². The van der Waals surface area contributed by atoms with Gasteiger partial charge in [-0.25, -0.2) is 0 Å². The zero-order valence-electron chi connectivity index (χ0n) is 12.2. The number of nitrogens with two attached hydrogens (primary N) is 1. The minimum Gasteiger partial charge on any atom is -0.378 e. The van der Waals surface area contributed by atoms with Crippen LogP contribution < -0.4 is 11.1 Å². The van der Waals surface area contributed by atoms with Crippen LogP contribution in [0.4, 0.5) is 0 Å². The molecule has 0 radical (unpaired) electrons. The lowest BCUT2D eigenvalue weighted by Gasteiger charge is -2.26. The molecule has 0 aliphatic heterocycles. The number of rotatable bonds is 6. The number of halogens is 1. The van der Waals surface area contributed by atoms with Gasteiger partial charge >= 0.3 is 0 Å². The van der Waals surface area contributed by atoms with Crippen LogP contribution in [0.5, 0.6) is 0 Å². The Balaban J connectivity index is 1.60. The molecule has 4 nitrogen and oxygen atoms in total. The van der Waals surface area contributed by atoms with Crippen molar-refractivity contribution in [3.8, 4) is 0 Å². The fourth-order valence-corrected chi connectivity index (χ4v) is 2.74. The van der Waals surface area contributed by atoms with Gasteiger partial charge in [-0.1, -0.05) is 23.7 Å². The van der Waals surface area contributed by atoms with Gasteiger partial charge in [0.15, 0.2) is 0 Å². The monoisotopic (exact) mass is 310 g/mol. The molecule has 1 aromatic carbocycles. The third-order valence-corrected chi connectivity index (χ3v) is 4.13. The van der Waals surface area contributed by atoms with Gasteiger partial charge in [-0.3, -0.25) is 4.79 Å². The molecule has 1 amide bonds. The summed E-state index contributed by atoms with van der Waals surface area (Å²) >= 11 is 5.98. The molecule has 2 rings (SSSR count). The largest absolute Gasteiger partial charge is 0.378 e. The van der Waals surface area contributed by atoms with Crippen molar-refractivity contribution in [3.05, 3.63) is 34.9 Å². The van der Waals surface area contributed by atoms with Gasteiger partial charge in [-0.15, -0.1) is 0 Å². The fourth-order valence-electron chi connectivity index (χ4n) is 2.52. The predicted molar refractivity (Wildman–Crippen MR) is 84.6 cm³/mol. The first kappa shape index (κ1) is 16.3. The van der Waals surface area contributed by atoms with E-state index in [1.807, 2.05) is 6.07 Å². The predicted octanol–water partition coefficient (Wildman–Crippen LogP) is 2.75. The van der Waals surface area contributed by atoms with E-state index < -0.39 is 0 Å². The average Bonchev–Trinajstić information content (AvgIpc) is 2.49. The summed E-state index contributed by atoms with van der Waals surface area (Å²) in [5, 5.41) is 3.34. The summed E-state index contributed by atoms with van der Waals surface area (Å²) in [6.07, 6.45) is 5.34. The van der Waals surface area contributed by atoms with Crippen LogP contribution in [0.3, 0.4) is 0 Å². The van der Waals surface area contributed by atoms with E-state index in [4.69, 9.17) is 22.1 Å². The molecule has 0 spiro atoms. The van der Waals surface area contributed by atoms with Gasteiger partial charge in [0.25, 0.3) is 5.91 Å². The number of ether oxygens (including phenoxy) is 1. The molecule has 0 saturated heterocycles. The van der Waals surface area contributed by atoms with Gasteiger partial charge in [0.1, 0.15) is 0 Å². The van der Waals surface area contributed by atoms with Crippen molar-refractivity contribution in [2.45, 2.75) is 44.2 Å². The van der Waals surface area contributed by atoms with Gasteiger partial charge in [-0.05, 0) is 44.2 Å². The number of benzene rings is 1. The van der Waals surface area contributed by atoms with E-state index in [0.29, 0.717) is 35.9 Å². The highest BCUT2D eigenvalue weighted by atomic mass is 35.5. The highest BCUT2D eigenvalue weighted by molar-refractivity contribution is 6.33. The molecule has 0 heterocycles. The molecule has 0 bridgehead atoms. The summed E-state index contributed by atoms with van der Waals surface area (Å²) in [7, 11) is 0. The molecular weight excluding hydrogens is 288 g/mol. The van der Waals surface area contributed by atoms with Crippen molar-refractivity contribution in [1.82, 2.24) is 5.32 Å². The molecule has 21 heavy (non-hydrogen) atoms. The quantitative estimate of drug-likeness (QED) is 0.794. The maximum absolute atomic E-state index is 11.9. The molecule has 1 aliphatic carbocycles. The zero-order chi connectivity index (χ0) is 15.1. The Hall–Kier alpha value is -1.10. The Bertz CT molecular complexity index is 459. The van der Waals surface area contributed by atoms with E-state index >= 15 is 0 Å². The van der Waals surface area contributed by atoms with Crippen LogP contribution in [0, 0.1) is 0 Å². The second-order valence-corrected chi connectivity index (χ2v) is 5.90. The van der Waals surface area contributed by atoms with Gasteiger partial charge < -0.3 is 15.8 Å². The first-order chi connectivity index (χ1) is 10.2. The Labute approximate surface area is 131 Å². The van der Waals surface area contributed by atoms with Gasteiger partial charge in [0, 0.05) is 19.2 Å². The fraction of sp³-hybridized carbons (Fsp3) is 0.562. The van der Waals surface area contributed by atoms with E-state index in [1.54, 1.807) is 18.2 Å². The van der Waals surface area contributed by atoms with Crippen molar-refractivity contribution in [2.24, 2.45) is 5.73 Å². The molecule has 0 unspecified atom stereocenters. The third kappa shape index (κ3) is 5.30. The Morgan fingerprint density at radius 3 is 2.71 bits per heavy atom. The summed E-state index contributed by atoms with van der Waals surface area (Å²) in [5.41, 5.74) is 6.38. The Kier molecular flexibility index (Phi) is 6.49. The highest BCUT2D eigenvalue weighted by Crippen LogP contribution is 2.19. The van der Waals surface area contributed by atoms with Crippen molar-refractivity contribution in [1.29, 1.82) is 0 Å². The molecule has 0 aromatic heterocycles. The Morgan fingerprint density at radius 2 is 2.00 bits per heavy atom. The van der Waals surface area contributed by atoms with Gasteiger partial charge in [0.2, 0.25) is 0 Å². The summed E-state index contributed by atoms with van der Waals surface area (Å²) < 4.78 is 5.81. The SMILES string of the molecule is NC1CCC(OCCCNC(=O)c2ccccc2Cl)CC1. The number of nitrogens with one attached hydrogen (secondary N) is 1. The first-order valence-electron chi connectivity index (χ1n) is 7.56. The molecule has 116 valence electrons. The zero-order valence-corrected chi connectivity index (χ0v) is 12.9. The minimum atomic E-state index is -0.135. The summed E-state index contributed by atoms with van der Waals surface area (Å²) in [6.45, 7) is 1.26. The molecule has 1 aliphatic rings. The maximum Gasteiger partial charge on any atom is 0.252 e. The summed E-state index contributed by atoms with van der Waals surface area (Å²) in [4.78, 5) is 11.9. The summed E-state index contributed by atoms with van der Waals surface area (Å²) in [6, 6.07) is 7.40. The third-order valence-electron chi connectivity index (χ3n) is 3.80. The molecule has 0 atom stereocenters. The Morgan fingerprint density at radius 1 is 1.29 bits per heavy atom. The van der Waals surface area contributed by atoms with Crippen molar-refractivity contribution < 1.29 is 9.53 Å². The van der Waals surface area contributed by atoms with Crippen molar-refractivity contribution in [3.63, 3.8) is 0 Å². The minimum absolute atomic E-state index is 0.135. The van der Waals surface area contributed by atoms with Crippen molar-refractivity contribution >= 4 is 17.5 Å². The lowest BCUT2D eigenvalue weighted by atomic mass is 9.94. The maximum atomic E-state index is 11.9. The number of hydrogen-bond acceptors (Lipinski definition) is 3. The first-order valence-corrected chi connectivity index (χ1v) is 7.94. The van der Waals surface area contributed by atoms with Crippen molar-refractivity contribution in [2.75, 3.05) is 13.2 Å². The van der Waals surface area contributed by atoms with E-state index in [1.165, 1.54) is 0 Å². The van der Waals surface area contributed by atoms with Crippen LogP contribution in [-0.4, -0.2) is 31.2 Å². The average molecular weight is 311 g/mol. The van der Waals surface area contributed by atoms with Crippen LogP contribution >= 0.6 is 11.6 Å². The van der Waals surface area contributed by atoms with E-state index in [-0.39, 0.29) is 5.91 Å². The summed E-state index contributed by atoms with van der Waals surface area (Å²) in [5.74, 6) is -0.135. The number of carbonyl (C=O) groups is 1. The van der Waals surface area contributed by atoms with Crippen LogP contribution in [0.1, 0.15) is 42.5 Å². The second kappa shape index (κ2) is 8.37. The van der Waals surface area contributed by atoms with Crippen LogP contribution in [-0.2, 0) is 4.74 Å². The van der Waals surface area contributed by atoms with Gasteiger partial charge in [0.05, 0.1) is 16.7 Å². The molecule has 1 saturated carbocycles. The number of amides is 1. The standard InChI is InChI=1S/C16H23ClN2O2/c17-15-5-2-1-4-14(15)16(20)19-10-3-11-21-13-8-6-12(18)7-9-13/h1-2,4-5,12-13H,3,6-11,18H2,(H,19,20). The van der Waals surface area contributed by atoms with E-state index in [9.17, 15) is 4.79 Å².